The highest BCUT2D eigenvalue weighted by molar-refractivity contribution is 7.91. The zero-order valence-electron chi connectivity index (χ0n) is 15.2. The zero-order chi connectivity index (χ0) is 19.6. The third-order valence-corrected chi connectivity index (χ3v) is 7.33. The minimum Gasteiger partial charge on any atom is -0.302 e. The quantitative estimate of drug-likeness (QED) is 0.661. The van der Waals surface area contributed by atoms with Crippen LogP contribution in [0.4, 0.5) is 5.13 Å². The Hall–Kier alpha value is -2.51. The number of fused-ring (bicyclic) bond motifs is 1. The number of nitrogens with one attached hydrogen (secondary N) is 1. The number of anilines is 1. The topological polar surface area (TPSA) is 76.1 Å². The Kier molecular flexibility index (Phi) is 5.28. The molecule has 1 heterocycles. The Morgan fingerprint density at radius 2 is 1.86 bits per heavy atom. The van der Waals surface area contributed by atoms with E-state index in [-0.39, 0.29) is 23.0 Å². The number of benzene rings is 2. The van der Waals surface area contributed by atoms with Crippen molar-refractivity contribution >= 4 is 32.2 Å². The molecule has 1 aliphatic carbocycles. The Morgan fingerprint density at radius 3 is 2.68 bits per heavy atom. The lowest BCUT2D eigenvalue weighted by atomic mass is 10.1. The molecule has 0 radical (unpaired) electrons. The molecular formula is C21H20N2O3S2. The third kappa shape index (κ3) is 4.15. The first-order chi connectivity index (χ1) is 13.5. The summed E-state index contributed by atoms with van der Waals surface area (Å²) in [5, 5.41) is 5.11. The van der Waals surface area contributed by atoms with Crippen LogP contribution in [0.1, 0.15) is 24.0 Å². The van der Waals surface area contributed by atoms with Crippen molar-refractivity contribution in [2.75, 3.05) is 11.1 Å². The molecule has 1 aliphatic rings. The highest BCUT2D eigenvalue weighted by Crippen LogP contribution is 2.30. The van der Waals surface area contributed by atoms with Crippen LogP contribution in [0.5, 0.6) is 0 Å². The lowest BCUT2D eigenvalue weighted by Gasteiger charge is -2.04. The number of rotatable bonds is 6. The van der Waals surface area contributed by atoms with Crippen LogP contribution in [0.15, 0.2) is 58.8 Å². The van der Waals surface area contributed by atoms with Gasteiger partial charge in [0.25, 0.3) is 0 Å². The van der Waals surface area contributed by atoms with Gasteiger partial charge in [0, 0.05) is 17.4 Å². The van der Waals surface area contributed by atoms with E-state index in [4.69, 9.17) is 0 Å². The van der Waals surface area contributed by atoms with Gasteiger partial charge in [0.2, 0.25) is 5.91 Å². The summed E-state index contributed by atoms with van der Waals surface area (Å²) in [6, 6.07) is 14.6. The summed E-state index contributed by atoms with van der Waals surface area (Å²) in [4.78, 5) is 16.9. The summed E-state index contributed by atoms with van der Waals surface area (Å²) >= 11 is 1.34. The van der Waals surface area contributed by atoms with E-state index < -0.39 is 9.84 Å². The van der Waals surface area contributed by atoms with Gasteiger partial charge in [-0.1, -0.05) is 30.3 Å². The molecule has 0 fully saturated rings. The molecule has 28 heavy (non-hydrogen) atoms. The van der Waals surface area contributed by atoms with E-state index in [2.05, 4.69) is 28.5 Å². The summed E-state index contributed by atoms with van der Waals surface area (Å²) in [5.74, 6) is -0.583. The van der Waals surface area contributed by atoms with Crippen molar-refractivity contribution in [2.24, 2.45) is 0 Å². The highest BCUT2D eigenvalue weighted by atomic mass is 32.2. The standard InChI is InChI=1S/C21H20N2O3S2/c24-20(11-12-28(25,26)18-7-2-1-3-8-18)23-21-22-19(14-27-21)17-10-9-15-5-4-6-16(15)13-17/h1-3,7-10,13-14H,4-6,11-12H2,(H,22,23,24). The first kappa shape index (κ1) is 18.8. The molecule has 3 aromatic rings. The van der Waals surface area contributed by atoms with E-state index >= 15 is 0 Å². The number of hydrogen-bond donors (Lipinski definition) is 1. The largest absolute Gasteiger partial charge is 0.302 e. The van der Waals surface area contributed by atoms with Gasteiger partial charge in [0.05, 0.1) is 16.3 Å². The van der Waals surface area contributed by atoms with Gasteiger partial charge in [-0.05, 0) is 48.6 Å². The van der Waals surface area contributed by atoms with Crippen LogP contribution in [0.25, 0.3) is 11.3 Å². The number of aryl methyl sites for hydroxylation is 2. The van der Waals surface area contributed by atoms with Crippen molar-refractivity contribution in [1.29, 1.82) is 0 Å². The van der Waals surface area contributed by atoms with Gasteiger partial charge in [-0.3, -0.25) is 4.79 Å². The van der Waals surface area contributed by atoms with Gasteiger partial charge >= 0.3 is 0 Å². The van der Waals surface area contributed by atoms with Crippen molar-refractivity contribution < 1.29 is 13.2 Å². The number of hydrogen-bond acceptors (Lipinski definition) is 5. The predicted octanol–water partition coefficient (Wildman–Crippen LogP) is 4.10. The fraction of sp³-hybridized carbons (Fsp3) is 0.238. The summed E-state index contributed by atoms with van der Waals surface area (Å²) in [6.07, 6.45) is 3.33. The summed E-state index contributed by atoms with van der Waals surface area (Å²) in [6.45, 7) is 0. The zero-order valence-corrected chi connectivity index (χ0v) is 16.9. The molecule has 7 heteroatoms. The third-order valence-electron chi connectivity index (χ3n) is 4.84. The van der Waals surface area contributed by atoms with E-state index in [0.717, 1.165) is 24.1 Å². The maximum absolute atomic E-state index is 12.3. The SMILES string of the molecule is O=C(CCS(=O)(=O)c1ccccc1)Nc1nc(-c2ccc3c(c2)CCC3)cs1. The number of aromatic nitrogens is 1. The Bertz CT molecular complexity index is 1110. The van der Waals surface area contributed by atoms with E-state index in [0.29, 0.717) is 5.13 Å². The van der Waals surface area contributed by atoms with Gasteiger partial charge in [-0.2, -0.15) is 0 Å². The molecule has 0 spiro atoms. The monoisotopic (exact) mass is 412 g/mol. The Balaban J connectivity index is 1.38. The maximum atomic E-state index is 12.3. The van der Waals surface area contributed by atoms with Crippen LogP contribution in [-0.4, -0.2) is 25.1 Å². The van der Waals surface area contributed by atoms with Gasteiger partial charge in [-0.15, -0.1) is 11.3 Å². The van der Waals surface area contributed by atoms with Crippen LogP contribution >= 0.6 is 11.3 Å². The van der Waals surface area contributed by atoms with Crippen molar-refractivity contribution in [2.45, 2.75) is 30.6 Å². The van der Waals surface area contributed by atoms with Gasteiger partial charge < -0.3 is 5.32 Å². The fourth-order valence-corrected chi connectivity index (χ4v) is 5.35. The number of carbonyl (C=O) groups is 1. The van der Waals surface area contributed by atoms with E-state index in [9.17, 15) is 13.2 Å². The number of carbonyl (C=O) groups excluding carboxylic acids is 1. The molecule has 144 valence electrons. The molecule has 1 N–H and O–H groups in total. The molecule has 0 aliphatic heterocycles. The molecule has 0 atom stereocenters. The van der Waals surface area contributed by atoms with Gasteiger partial charge in [0.15, 0.2) is 15.0 Å². The smallest absolute Gasteiger partial charge is 0.227 e. The van der Waals surface area contributed by atoms with Crippen molar-refractivity contribution in [3.05, 3.63) is 65.0 Å². The lowest BCUT2D eigenvalue weighted by molar-refractivity contribution is -0.115. The highest BCUT2D eigenvalue weighted by Gasteiger charge is 2.17. The number of thiazole rings is 1. The average molecular weight is 413 g/mol. The minimum absolute atomic E-state index is 0.106. The summed E-state index contributed by atoms with van der Waals surface area (Å²) < 4.78 is 24.6. The first-order valence-electron chi connectivity index (χ1n) is 9.17. The summed E-state index contributed by atoms with van der Waals surface area (Å²) in [7, 11) is -3.47. The first-order valence-corrected chi connectivity index (χ1v) is 11.7. The fourth-order valence-electron chi connectivity index (χ4n) is 3.35. The minimum atomic E-state index is -3.47. The number of amides is 1. The van der Waals surface area contributed by atoms with Crippen molar-refractivity contribution in [1.82, 2.24) is 4.98 Å². The Labute approximate surface area is 168 Å². The summed E-state index contributed by atoms with van der Waals surface area (Å²) in [5.41, 5.74) is 4.66. The molecule has 0 bridgehead atoms. The lowest BCUT2D eigenvalue weighted by Crippen LogP contribution is -2.17. The molecule has 1 amide bonds. The second kappa shape index (κ2) is 7.85. The van der Waals surface area contributed by atoms with Crippen LogP contribution in [0.3, 0.4) is 0 Å². The van der Waals surface area contributed by atoms with Crippen LogP contribution < -0.4 is 5.32 Å². The number of sulfone groups is 1. The molecule has 0 saturated heterocycles. The van der Waals surface area contributed by atoms with Crippen LogP contribution in [0, 0.1) is 0 Å². The average Bonchev–Trinajstić information content (AvgIpc) is 3.36. The second-order valence-electron chi connectivity index (χ2n) is 6.81. The maximum Gasteiger partial charge on any atom is 0.227 e. The van der Waals surface area contributed by atoms with E-state index in [1.807, 2.05) is 5.38 Å². The van der Waals surface area contributed by atoms with Crippen molar-refractivity contribution in [3.63, 3.8) is 0 Å². The molecule has 5 nitrogen and oxygen atoms in total. The van der Waals surface area contributed by atoms with E-state index in [1.54, 1.807) is 18.2 Å². The van der Waals surface area contributed by atoms with Crippen molar-refractivity contribution in [3.8, 4) is 11.3 Å². The van der Waals surface area contributed by atoms with Crippen LogP contribution in [0.2, 0.25) is 0 Å². The van der Waals surface area contributed by atoms with E-state index in [1.165, 1.54) is 41.0 Å². The molecule has 0 saturated carbocycles. The molecular weight excluding hydrogens is 392 g/mol. The van der Waals surface area contributed by atoms with Crippen LogP contribution in [-0.2, 0) is 27.5 Å². The normalized spacial score (nSPS) is 13.3. The predicted molar refractivity (Wildman–Crippen MR) is 111 cm³/mol. The molecule has 4 rings (SSSR count). The Morgan fingerprint density at radius 1 is 1.07 bits per heavy atom. The second-order valence-corrected chi connectivity index (χ2v) is 9.77. The van der Waals surface area contributed by atoms with Gasteiger partial charge in [-0.25, -0.2) is 13.4 Å². The molecule has 1 aromatic heterocycles. The van der Waals surface area contributed by atoms with Gasteiger partial charge in [0.1, 0.15) is 0 Å². The molecule has 2 aromatic carbocycles. The number of nitrogens with zero attached hydrogens (tertiary/aromatic N) is 1. The molecule has 0 unspecified atom stereocenters.